The molecule has 1 aliphatic carbocycles. The Morgan fingerprint density at radius 3 is 2.45 bits per heavy atom. The zero-order valence-electron chi connectivity index (χ0n) is 11.9. The molecule has 0 saturated heterocycles. The molecule has 114 valence electrons. The van der Waals surface area contributed by atoms with Crippen molar-refractivity contribution in [1.82, 2.24) is 8.61 Å². The van der Waals surface area contributed by atoms with Crippen LogP contribution in [0.5, 0.6) is 0 Å². The molecule has 1 heterocycles. The van der Waals surface area contributed by atoms with Gasteiger partial charge in [-0.05, 0) is 25.0 Å². The molecule has 0 aromatic carbocycles. The van der Waals surface area contributed by atoms with Crippen molar-refractivity contribution in [1.29, 1.82) is 0 Å². The monoisotopic (exact) mass is 336 g/mol. The van der Waals surface area contributed by atoms with Gasteiger partial charge in [-0.15, -0.1) is 11.3 Å². The molecule has 0 amide bonds. The number of hydrogen-bond donors (Lipinski definition) is 0. The van der Waals surface area contributed by atoms with Crippen molar-refractivity contribution in [3.8, 4) is 0 Å². The Kier molecular flexibility index (Phi) is 5.48. The molecular formula is C13H21ClN2O2S2. The number of nitrogens with zero attached hydrogens (tertiary/aromatic N) is 2. The van der Waals surface area contributed by atoms with Gasteiger partial charge < -0.3 is 0 Å². The van der Waals surface area contributed by atoms with Crippen molar-refractivity contribution in [3.63, 3.8) is 0 Å². The predicted molar refractivity (Wildman–Crippen MR) is 84.4 cm³/mol. The average Bonchev–Trinajstić information content (AvgIpc) is 2.84. The van der Waals surface area contributed by atoms with Gasteiger partial charge in [0.15, 0.2) is 0 Å². The highest BCUT2D eigenvalue weighted by Gasteiger charge is 2.30. The summed E-state index contributed by atoms with van der Waals surface area (Å²) < 4.78 is 28.8. The molecule has 7 heteroatoms. The van der Waals surface area contributed by atoms with Gasteiger partial charge in [-0.3, -0.25) is 0 Å². The summed E-state index contributed by atoms with van der Waals surface area (Å²) in [5, 5.41) is 0. The van der Waals surface area contributed by atoms with Crippen molar-refractivity contribution >= 4 is 33.1 Å². The second-order valence-corrected chi connectivity index (χ2v) is 9.17. The summed E-state index contributed by atoms with van der Waals surface area (Å²) in [6.45, 7) is 0.372. The molecule has 0 spiro atoms. The fraction of sp³-hybridized carbons (Fsp3) is 0.692. The standard InChI is InChI=1S/C13H21ClN2O2S2/c1-15(10-12-8-9-13(14)19-12)20(17,18)16(2)11-6-4-3-5-7-11/h8-9,11H,3-7,10H2,1-2H3. The number of halogens is 1. The third kappa shape index (κ3) is 3.74. The quantitative estimate of drug-likeness (QED) is 0.827. The molecule has 0 atom stereocenters. The molecule has 1 fully saturated rings. The number of hydrogen-bond acceptors (Lipinski definition) is 3. The maximum absolute atomic E-state index is 12.6. The zero-order valence-corrected chi connectivity index (χ0v) is 14.3. The first kappa shape index (κ1) is 16.2. The van der Waals surface area contributed by atoms with Crippen LogP contribution in [0.1, 0.15) is 37.0 Å². The molecule has 0 unspecified atom stereocenters. The molecule has 0 radical (unpaired) electrons. The van der Waals surface area contributed by atoms with Crippen molar-refractivity contribution in [2.45, 2.75) is 44.7 Å². The first-order valence-electron chi connectivity index (χ1n) is 6.85. The van der Waals surface area contributed by atoms with Gasteiger partial charge in [0.05, 0.1) is 4.34 Å². The lowest BCUT2D eigenvalue weighted by atomic mass is 9.96. The smallest absolute Gasteiger partial charge is 0.195 e. The second kappa shape index (κ2) is 6.75. The van der Waals surface area contributed by atoms with Gasteiger partial charge in [0.2, 0.25) is 0 Å². The molecule has 4 nitrogen and oxygen atoms in total. The third-order valence-electron chi connectivity index (χ3n) is 3.85. The lowest BCUT2D eigenvalue weighted by Crippen LogP contribution is -2.45. The molecule has 1 aliphatic rings. The summed E-state index contributed by atoms with van der Waals surface area (Å²) >= 11 is 7.30. The van der Waals surface area contributed by atoms with E-state index in [1.165, 1.54) is 22.1 Å². The summed E-state index contributed by atoms with van der Waals surface area (Å²) in [5.74, 6) is 0. The van der Waals surface area contributed by atoms with Crippen LogP contribution in [0.25, 0.3) is 0 Å². The second-order valence-electron chi connectivity index (χ2n) is 5.28. The summed E-state index contributed by atoms with van der Waals surface area (Å²) in [6.07, 6.45) is 5.39. The summed E-state index contributed by atoms with van der Waals surface area (Å²) in [6, 6.07) is 3.81. The Hall–Kier alpha value is -0.140. The molecule has 1 aromatic heterocycles. The molecule has 20 heavy (non-hydrogen) atoms. The van der Waals surface area contributed by atoms with E-state index in [-0.39, 0.29) is 6.04 Å². The molecule has 0 bridgehead atoms. The normalized spacial score (nSPS) is 18.1. The largest absolute Gasteiger partial charge is 0.282 e. The minimum atomic E-state index is -3.40. The van der Waals surface area contributed by atoms with Crippen LogP contribution in [-0.2, 0) is 16.8 Å². The average molecular weight is 337 g/mol. The van der Waals surface area contributed by atoms with Gasteiger partial charge in [-0.2, -0.15) is 17.0 Å². The summed E-state index contributed by atoms with van der Waals surface area (Å²) in [4.78, 5) is 0.957. The van der Waals surface area contributed by atoms with Crippen LogP contribution in [0.4, 0.5) is 0 Å². The van der Waals surface area contributed by atoms with Crippen LogP contribution in [0.2, 0.25) is 4.34 Å². The summed E-state index contributed by atoms with van der Waals surface area (Å²) in [7, 11) is -0.0724. The Bertz CT molecular complexity index is 538. The maximum Gasteiger partial charge on any atom is 0.282 e. The van der Waals surface area contributed by atoms with Crippen LogP contribution in [0.15, 0.2) is 12.1 Å². The van der Waals surface area contributed by atoms with Crippen molar-refractivity contribution in [2.24, 2.45) is 0 Å². The minimum Gasteiger partial charge on any atom is -0.195 e. The summed E-state index contributed by atoms with van der Waals surface area (Å²) in [5.41, 5.74) is 0. The van der Waals surface area contributed by atoms with E-state index in [1.807, 2.05) is 6.07 Å². The van der Waals surface area contributed by atoms with E-state index in [1.54, 1.807) is 24.5 Å². The third-order valence-corrected chi connectivity index (χ3v) is 7.01. The van der Waals surface area contributed by atoms with E-state index in [9.17, 15) is 8.42 Å². The minimum absolute atomic E-state index is 0.142. The van der Waals surface area contributed by atoms with Crippen molar-refractivity contribution in [3.05, 3.63) is 21.3 Å². The first-order valence-corrected chi connectivity index (χ1v) is 9.44. The molecular weight excluding hydrogens is 316 g/mol. The van der Waals surface area contributed by atoms with Crippen molar-refractivity contribution in [2.75, 3.05) is 14.1 Å². The molecule has 0 N–H and O–H groups in total. The van der Waals surface area contributed by atoms with Crippen molar-refractivity contribution < 1.29 is 8.42 Å². The zero-order chi connectivity index (χ0) is 14.8. The van der Waals surface area contributed by atoms with Gasteiger partial charge in [0.25, 0.3) is 10.2 Å². The van der Waals surface area contributed by atoms with Crippen LogP contribution >= 0.6 is 22.9 Å². The van der Waals surface area contributed by atoms with E-state index in [2.05, 4.69) is 0 Å². The van der Waals surface area contributed by atoms with Crippen LogP contribution < -0.4 is 0 Å². The van der Waals surface area contributed by atoms with Crippen LogP contribution in [0.3, 0.4) is 0 Å². The van der Waals surface area contributed by atoms with E-state index in [0.717, 1.165) is 30.6 Å². The number of thiophene rings is 1. The topological polar surface area (TPSA) is 40.6 Å². The Labute approximate surface area is 130 Å². The Morgan fingerprint density at radius 1 is 1.25 bits per heavy atom. The first-order chi connectivity index (χ1) is 9.41. The van der Waals surface area contributed by atoms with Gasteiger partial charge >= 0.3 is 0 Å². The predicted octanol–water partition coefficient (Wildman–Crippen LogP) is 3.34. The van der Waals surface area contributed by atoms with E-state index in [4.69, 9.17) is 11.6 Å². The Morgan fingerprint density at radius 2 is 1.90 bits per heavy atom. The number of rotatable bonds is 5. The van der Waals surface area contributed by atoms with Gasteiger partial charge in [-0.1, -0.05) is 30.9 Å². The highest BCUT2D eigenvalue weighted by molar-refractivity contribution is 7.86. The SMILES string of the molecule is CN(Cc1ccc(Cl)s1)S(=O)(=O)N(C)C1CCCCC1. The Balaban J connectivity index is 2.04. The fourth-order valence-electron chi connectivity index (χ4n) is 2.59. The van der Waals surface area contributed by atoms with Crippen LogP contribution in [-0.4, -0.2) is 37.2 Å². The van der Waals surface area contributed by atoms with Gasteiger partial charge in [0.1, 0.15) is 0 Å². The highest BCUT2D eigenvalue weighted by Crippen LogP contribution is 2.26. The molecule has 2 rings (SSSR count). The lowest BCUT2D eigenvalue weighted by Gasteiger charge is -2.33. The van der Waals surface area contributed by atoms with Gasteiger partial charge in [0, 0.05) is 31.6 Å². The van der Waals surface area contributed by atoms with Gasteiger partial charge in [-0.25, -0.2) is 0 Å². The molecule has 0 aliphatic heterocycles. The van der Waals surface area contributed by atoms with E-state index >= 15 is 0 Å². The molecule has 1 saturated carbocycles. The van der Waals surface area contributed by atoms with Crippen LogP contribution in [0, 0.1) is 0 Å². The fourth-order valence-corrected chi connectivity index (χ4v) is 5.14. The molecule has 1 aromatic rings. The van der Waals surface area contributed by atoms with E-state index < -0.39 is 10.2 Å². The highest BCUT2D eigenvalue weighted by atomic mass is 35.5. The van der Waals surface area contributed by atoms with E-state index in [0.29, 0.717) is 10.9 Å². The maximum atomic E-state index is 12.6. The lowest BCUT2D eigenvalue weighted by molar-refractivity contribution is 0.268.